The Morgan fingerprint density at radius 2 is 1.94 bits per heavy atom. The molecule has 1 heterocycles. The van der Waals surface area contributed by atoms with E-state index in [4.69, 9.17) is 9.94 Å². The van der Waals surface area contributed by atoms with Crippen LogP contribution in [0.15, 0.2) is 18.2 Å². The lowest BCUT2D eigenvalue weighted by Gasteiger charge is -2.10. The molecule has 88 valence electrons. The third-order valence-electron chi connectivity index (χ3n) is 2.35. The predicted molar refractivity (Wildman–Crippen MR) is 55.5 cm³/mol. The molecule has 0 bridgehead atoms. The van der Waals surface area contributed by atoms with Crippen LogP contribution in [0.25, 0.3) is 0 Å². The lowest BCUT2D eigenvalue weighted by Crippen LogP contribution is -2.29. The van der Waals surface area contributed by atoms with Crippen LogP contribution in [0.3, 0.4) is 0 Å². The molecule has 6 heteroatoms. The van der Waals surface area contributed by atoms with Crippen molar-refractivity contribution in [2.75, 3.05) is 6.61 Å². The van der Waals surface area contributed by atoms with E-state index >= 15 is 0 Å². The molecule has 1 aliphatic rings. The van der Waals surface area contributed by atoms with Crippen LogP contribution in [-0.4, -0.2) is 34.6 Å². The Morgan fingerprint density at radius 1 is 1.29 bits per heavy atom. The monoisotopic (exact) mass is 235 g/mol. The Hall–Kier alpha value is -2.21. The lowest BCUT2D eigenvalue weighted by molar-refractivity contribution is -0.0863. The number of imide groups is 1. The summed E-state index contributed by atoms with van der Waals surface area (Å²) in [7, 11) is 0. The van der Waals surface area contributed by atoms with E-state index in [1.54, 1.807) is 6.92 Å². The van der Waals surface area contributed by atoms with Crippen LogP contribution < -0.4 is 0 Å². The summed E-state index contributed by atoms with van der Waals surface area (Å²) in [6.45, 7) is 1.82. The summed E-state index contributed by atoms with van der Waals surface area (Å²) < 4.78 is 0. The van der Waals surface area contributed by atoms with Gasteiger partial charge in [-0.15, -0.1) is 5.06 Å². The normalized spacial score (nSPS) is 14.1. The third kappa shape index (κ3) is 1.68. The zero-order valence-electron chi connectivity index (χ0n) is 8.97. The highest BCUT2D eigenvalue weighted by Crippen LogP contribution is 2.24. The molecule has 0 fully saturated rings. The maximum Gasteiger partial charge on any atom is 0.335 e. The fourth-order valence-electron chi connectivity index (χ4n) is 1.60. The van der Waals surface area contributed by atoms with Gasteiger partial charge in [-0.2, -0.15) is 0 Å². The van der Waals surface area contributed by atoms with Crippen LogP contribution in [0, 0.1) is 0 Å². The average molecular weight is 235 g/mol. The first-order chi connectivity index (χ1) is 8.06. The molecule has 1 aromatic carbocycles. The van der Waals surface area contributed by atoms with Crippen LogP contribution in [0.2, 0.25) is 0 Å². The first kappa shape index (κ1) is 11.3. The van der Waals surface area contributed by atoms with E-state index < -0.39 is 17.8 Å². The van der Waals surface area contributed by atoms with E-state index in [1.165, 1.54) is 18.2 Å². The van der Waals surface area contributed by atoms with Gasteiger partial charge in [-0.25, -0.2) is 4.79 Å². The van der Waals surface area contributed by atoms with E-state index in [1.807, 2.05) is 0 Å². The summed E-state index contributed by atoms with van der Waals surface area (Å²) in [6.07, 6.45) is 0. The fourth-order valence-corrected chi connectivity index (χ4v) is 1.60. The highest BCUT2D eigenvalue weighted by Gasteiger charge is 2.37. The third-order valence-corrected chi connectivity index (χ3v) is 2.35. The van der Waals surface area contributed by atoms with Crippen molar-refractivity contribution in [2.24, 2.45) is 0 Å². The molecule has 0 atom stereocenters. The van der Waals surface area contributed by atoms with Crippen LogP contribution in [0.4, 0.5) is 0 Å². The van der Waals surface area contributed by atoms with Gasteiger partial charge in [0.1, 0.15) is 0 Å². The molecule has 2 amide bonds. The van der Waals surface area contributed by atoms with Crippen LogP contribution in [-0.2, 0) is 4.84 Å². The molecule has 1 aromatic rings. The van der Waals surface area contributed by atoms with E-state index in [0.717, 1.165) is 0 Å². The highest BCUT2D eigenvalue weighted by molar-refractivity contribution is 6.21. The Labute approximate surface area is 96.4 Å². The predicted octanol–water partition coefficient (Wildman–Crippen LogP) is 0.932. The minimum absolute atomic E-state index is 0.0387. The summed E-state index contributed by atoms with van der Waals surface area (Å²) in [5.41, 5.74) is 0.181. The summed E-state index contributed by atoms with van der Waals surface area (Å²) >= 11 is 0. The minimum Gasteiger partial charge on any atom is -0.478 e. The zero-order chi connectivity index (χ0) is 12.6. The highest BCUT2D eigenvalue weighted by atomic mass is 16.7. The first-order valence-electron chi connectivity index (χ1n) is 4.95. The number of benzene rings is 1. The first-order valence-corrected chi connectivity index (χ1v) is 4.95. The van der Waals surface area contributed by atoms with Gasteiger partial charge < -0.3 is 5.11 Å². The quantitative estimate of drug-likeness (QED) is 0.788. The molecule has 17 heavy (non-hydrogen) atoms. The standard InChI is InChI=1S/C11H9NO5/c1-2-17-12-9(13)7-4-3-6(11(15)16)5-8(7)10(12)14/h3-5H,2H2,1H3,(H,15,16). The molecule has 0 saturated carbocycles. The maximum atomic E-state index is 11.8. The van der Waals surface area contributed by atoms with Gasteiger partial charge in [0.15, 0.2) is 0 Å². The molecule has 1 N–H and O–H groups in total. The van der Waals surface area contributed by atoms with Crippen molar-refractivity contribution in [3.63, 3.8) is 0 Å². The SMILES string of the molecule is CCON1C(=O)c2ccc(C(=O)O)cc2C1=O. The van der Waals surface area contributed by atoms with E-state index in [0.29, 0.717) is 5.06 Å². The largest absolute Gasteiger partial charge is 0.478 e. The van der Waals surface area contributed by atoms with E-state index in [9.17, 15) is 14.4 Å². The van der Waals surface area contributed by atoms with Crippen molar-refractivity contribution >= 4 is 17.8 Å². The number of amides is 2. The second-order valence-electron chi connectivity index (χ2n) is 3.39. The molecule has 1 aliphatic heterocycles. The van der Waals surface area contributed by atoms with Crippen molar-refractivity contribution in [1.82, 2.24) is 5.06 Å². The number of hydrogen-bond donors (Lipinski definition) is 1. The van der Waals surface area contributed by atoms with Gasteiger partial charge in [0.05, 0.1) is 23.3 Å². The summed E-state index contributed by atoms with van der Waals surface area (Å²) in [5.74, 6) is -2.35. The maximum absolute atomic E-state index is 11.8. The molecular weight excluding hydrogens is 226 g/mol. The van der Waals surface area contributed by atoms with Gasteiger partial charge in [0, 0.05) is 0 Å². The second-order valence-corrected chi connectivity index (χ2v) is 3.39. The number of hydroxylamine groups is 2. The van der Waals surface area contributed by atoms with Crippen molar-refractivity contribution in [3.8, 4) is 0 Å². The summed E-state index contributed by atoms with van der Waals surface area (Å²) in [4.78, 5) is 39.1. The number of rotatable bonds is 3. The fraction of sp³-hybridized carbons (Fsp3) is 0.182. The summed E-state index contributed by atoms with van der Waals surface area (Å²) in [6, 6.07) is 3.77. The number of carboxylic acids is 1. The smallest absolute Gasteiger partial charge is 0.335 e. The molecular formula is C11H9NO5. The van der Waals surface area contributed by atoms with E-state index in [2.05, 4.69) is 0 Å². The minimum atomic E-state index is -1.15. The average Bonchev–Trinajstić information content (AvgIpc) is 2.54. The molecule has 2 rings (SSSR count). The van der Waals surface area contributed by atoms with Crippen LogP contribution in [0.1, 0.15) is 38.0 Å². The number of carbonyl (C=O) groups excluding carboxylic acids is 2. The van der Waals surface area contributed by atoms with Gasteiger partial charge in [-0.05, 0) is 25.1 Å². The Morgan fingerprint density at radius 3 is 2.53 bits per heavy atom. The van der Waals surface area contributed by atoms with Crippen LogP contribution in [0.5, 0.6) is 0 Å². The van der Waals surface area contributed by atoms with Crippen LogP contribution >= 0.6 is 0 Å². The second kappa shape index (κ2) is 3.99. The van der Waals surface area contributed by atoms with Gasteiger partial charge in [-0.1, -0.05) is 0 Å². The summed E-state index contributed by atoms with van der Waals surface area (Å²) in [5, 5.41) is 9.45. The number of carbonyl (C=O) groups is 3. The number of carboxylic acid groups (broad SMARTS) is 1. The van der Waals surface area contributed by atoms with Crippen molar-refractivity contribution in [3.05, 3.63) is 34.9 Å². The zero-order valence-corrected chi connectivity index (χ0v) is 8.97. The lowest BCUT2D eigenvalue weighted by atomic mass is 10.1. The molecule has 6 nitrogen and oxygen atoms in total. The van der Waals surface area contributed by atoms with Gasteiger partial charge in [0.25, 0.3) is 11.8 Å². The van der Waals surface area contributed by atoms with E-state index in [-0.39, 0.29) is 23.3 Å². The van der Waals surface area contributed by atoms with Gasteiger partial charge in [-0.3, -0.25) is 14.4 Å². The number of fused-ring (bicyclic) bond motifs is 1. The Bertz CT molecular complexity index is 523. The Kier molecular flexibility index (Phi) is 2.64. The number of nitrogens with zero attached hydrogens (tertiary/aromatic N) is 1. The molecule has 0 spiro atoms. The molecule has 0 radical (unpaired) electrons. The van der Waals surface area contributed by atoms with Crippen molar-refractivity contribution < 1.29 is 24.3 Å². The van der Waals surface area contributed by atoms with Gasteiger partial charge in [0.2, 0.25) is 0 Å². The topological polar surface area (TPSA) is 83.9 Å². The van der Waals surface area contributed by atoms with Crippen molar-refractivity contribution in [2.45, 2.75) is 6.92 Å². The molecule has 0 unspecified atom stereocenters. The van der Waals surface area contributed by atoms with Gasteiger partial charge >= 0.3 is 5.97 Å². The Balaban J connectivity index is 2.47. The molecule has 0 aliphatic carbocycles. The van der Waals surface area contributed by atoms with Crippen molar-refractivity contribution in [1.29, 1.82) is 0 Å². The number of aromatic carboxylic acids is 1. The molecule has 0 saturated heterocycles. The molecule has 0 aromatic heterocycles. The number of hydrogen-bond acceptors (Lipinski definition) is 4.